The van der Waals surface area contributed by atoms with Crippen molar-refractivity contribution >= 4 is 40.7 Å². The Hall–Kier alpha value is -2.78. The molecule has 0 aliphatic rings. The summed E-state index contributed by atoms with van der Waals surface area (Å²) < 4.78 is 31.3. The number of amides is 1. The van der Waals surface area contributed by atoms with Crippen molar-refractivity contribution in [2.24, 2.45) is 0 Å². The highest BCUT2D eigenvalue weighted by molar-refractivity contribution is 7.98. The predicted molar refractivity (Wildman–Crippen MR) is 103 cm³/mol. The van der Waals surface area contributed by atoms with Gasteiger partial charge in [0.25, 0.3) is 5.91 Å². The zero-order valence-corrected chi connectivity index (χ0v) is 16.0. The highest BCUT2D eigenvalue weighted by atomic mass is 32.2. The summed E-state index contributed by atoms with van der Waals surface area (Å²) in [5.41, 5.74) is 2.91. The standard InChI is InChI=1S/C19H14F2N2O3S2/c20-12-5-13(21)7-14(6-12)23-18(24)8-26-19(25)16-3-1-2-4-17(16)28-10-15-9-27-11-22-15/h1-7,9,11H,8,10H2,(H,23,24). The molecule has 3 rings (SSSR count). The van der Waals surface area contributed by atoms with E-state index in [0.29, 0.717) is 22.3 Å². The van der Waals surface area contributed by atoms with Gasteiger partial charge in [0.2, 0.25) is 0 Å². The van der Waals surface area contributed by atoms with E-state index >= 15 is 0 Å². The molecule has 0 atom stereocenters. The Balaban J connectivity index is 1.57. The normalized spacial score (nSPS) is 10.5. The van der Waals surface area contributed by atoms with Gasteiger partial charge >= 0.3 is 5.97 Å². The molecule has 5 nitrogen and oxygen atoms in total. The fourth-order valence-electron chi connectivity index (χ4n) is 2.25. The lowest BCUT2D eigenvalue weighted by molar-refractivity contribution is -0.119. The molecule has 1 amide bonds. The Kier molecular flexibility index (Phi) is 6.72. The summed E-state index contributed by atoms with van der Waals surface area (Å²) in [6, 6.07) is 9.50. The Morgan fingerprint density at radius 1 is 1.14 bits per heavy atom. The Morgan fingerprint density at radius 3 is 2.61 bits per heavy atom. The first kappa shape index (κ1) is 20.0. The maximum atomic E-state index is 13.1. The second kappa shape index (κ2) is 9.43. The molecular weight excluding hydrogens is 406 g/mol. The number of anilines is 1. The second-order valence-corrected chi connectivity index (χ2v) is 7.28. The van der Waals surface area contributed by atoms with Crippen molar-refractivity contribution in [3.63, 3.8) is 0 Å². The molecule has 0 saturated heterocycles. The molecule has 0 spiro atoms. The van der Waals surface area contributed by atoms with Gasteiger partial charge in [0.05, 0.1) is 16.8 Å². The molecule has 0 saturated carbocycles. The molecule has 28 heavy (non-hydrogen) atoms. The summed E-state index contributed by atoms with van der Waals surface area (Å²) in [5.74, 6) is -2.41. The molecule has 0 unspecified atom stereocenters. The number of nitrogens with zero attached hydrogens (tertiary/aromatic N) is 1. The SMILES string of the molecule is O=C(COC(=O)c1ccccc1SCc1cscn1)Nc1cc(F)cc(F)c1. The maximum absolute atomic E-state index is 13.1. The Morgan fingerprint density at radius 2 is 1.89 bits per heavy atom. The fraction of sp³-hybridized carbons (Fsp3) is 0.105. The number of thioether (sulfide) groups is 1. The van der Waals surface area contributed by atoms with E-state index in [1.165, 1.54) is 23.1 Å². The molecule has 0 aliphatic heterocycles. The van der Waals surface area contributed by atoms with Crippen LogP contribution in [0.2, 0.25) is 0 Å². The number of hydrogen-bond acceptors (Lipinski definition) is 6. The number of carbonyl (C=O) groups excluding carboxylic acids is 2. The molecule has 0 fully saturated rings. The minimum Gasteiger partial charge on any atom is -0.452 e. The molecule has 144 valence electrons. The number of carbonyl (C=O) groups is 2. The number of esters is 1. The highest BCUT2D eigenvalue weighted by Crippen LogP contribution is 2.26. The van der Waals surface area contributed by atoms with Gasteiger partial charge in [0.1, 0.15) is 11.6 Å². The van der Waals surface area contributed by atoms with E-state index in [4.69, 9.17) is 4.74 Å². The van der Waals surface area contributed by atoms with Crippen LogP contribution >= 0.6 is 23.1 Å². The van der Waals surface area contributed by atoms with Gasteiger partial charge in [-0.2, -0.15) is 0 Å². The number of hydrogen-bond donors (Lipinski definition) is 1. The molecular formula is C19H14F2N2O3S2. The zero-order chi connectivity index (χ0) is 19.9. The largest absolute Gasteiger partial charge is 0.452 e. The first-order chi connectivity index (χ1) is 13.5. The minimum atomic E-state index is -0.821. The van der Waals surface area contributed by atoms with Crippen LogP contribution in [0.5, 0.6) is 0 Å². The molecule has 2 aromatic carbocycles. The van der Waals surface area contributed by atoms with Crippen molar-refractivity contribution in [2.75, 3.05) is 11.9 Å². The molecule has 3 aromatic rings. The topological polar surface area (TPSA) is 68.3 Å². The van der Waals surface area contributed by atoms with Gasteiger partial charge in [-0.25, -0.2) is 18.6 Å². The first-order valence-corrected chi connectivity index (χ1v) is 9.96. The van der Waals surface area contributed by atoms with Crippen molar-refractivity contribution in [3.8, 4) is 0 Å². The van der Waals surface area contributed by atoms with Crippen LogP contribution in [0.1, 0.15) is 16.1 Å². The predicted octanol–water partition coefficient (Wildman–Crippen LogP) is 4.51. The molecule has 1 N–H and O–H groups in total. The average Bonchev–Trinajstić information content (AvgIpc) is 3.17. The molecule has 9 heteroatoms. The summed E-state index contributed by atoms with van der Waals surface area (Å²) in [4.78, 5) is 29.1. The van der Waals surface area contributed by atoms with Crippen LogP contribution in [0, 0.1) is 11.6 Å². The van der Waals surface area contributed by atoms with E-state index < -0.39 is 30.1 Å². The number of aromatic nitrogens is 1. The minimum absolute atomic E-state index is 0.0576. The van der Waals surface area contributed by atoms with Gasteiger partial charge in [-0.15, -0.1) is 23.1 Å². The van der Waals surface area contributed by atoms with Gasteiger partial charge in [0.15, 0.2) is 6.61 Å². The smallest absolute Gasteiger partial charge is 0.339 e. The lowest BCUT2D eigenvalue weighted by atomic mass is 10.2. The third kappa shape index (κ3) is 5.61. The van der Waals surface area contributed by atoms with E-state index in [1.54, 1.807) is 29.8 Å². The van der Waals surface area contributed by atoms with E-state index in [-0.39, 0.29) is 5.69 Å². The summed E-state index contributed by atoms with van der Waals surface area (Å²) in [6.45, 7) is -0.581. The molecule has 0 radical (unpaired) electrons. The Labute approximate surface area is 167 Å². The van der Waals surface area contributed by atoms with Crippen molar-refractivity contribution < 1.29 is 23.1 Å². The van der Waals surface area contributed by atoms with Crippen molar-refractivity contribution in [2.45, 2.75) is 10.6 Å². The number of nitrogens with one attached hydrogen (secondary N) is 1. The fourth-order valence-corrected chi connectivity index (χ4v) is 3.86. The van der Waals surface area contributed by atoms with Crippen molar-refractivity contribution in [1.82, 2.24) is 4.98 Å². The van der Waals surface area contributed by atoms with Gasteiger partial charge in [-0.1, -0.05) is 12.1 Å². The third-order valence-electron chi connectivity index (χ3n) is 3.45. The lowest BCUT2D eigenvalue weighted by Gasteiger charge is -2.09. The summed E-state index contributed by atoms with van der Waals surface area (Å²) >= 11 is 2.92. The zero-order valence-electron chi connectivity index (χ0n) is 14.4. The van der Waals surface area contributed by atoms with Gasteiger partial charge < -0.3 is 10.1 Å². The molecule has 1 aromatic heterocycles. The number of halogens is 2. The van der Waals surface area contributed by atoms with E-state index in [0.717, 1.165) is 17.8 Å². The number of benzene rings is 2. The van der Waals surface area contributed by atoms with Crippen LogP contribution in [-0.2, 0) is 15.3 Å². The van der Waals surface area contributed by atoms with Crippen LogP contribution in [0.15, 0.2) is 58.3 Å². The summed E-state index contributed by atoms with van der Waals surface area (Å²) in [5, 5.41) is 4.20. The third-order valence-corrected chi connectivity index (χ3v) is 5.19. The van der Waals surface area contributed by atoms with Crippen LogP contribution in [-0.4, -0.2) is 23.5 Å². The summed E-state index contributed by atoms with van der Waals surface area (Å²) in [7, 11) is 0. The highest BCUT2D eigenvalue weighted by Gasteiger charge is 2.15. The van der Waals surface area contributed by atoms with Crippen LogP contribution in [0.4, 0.5) is 14.5 Å². The van der Waals surface area contributed by atoms with Crippen LogP contribution < -0.4 is 5.32 Å². The van der Waals surface area contributed by atoms with Crippen molar-refractivity contribution in [1.29, 1.82) is 0 Å². The van der Waals surface area contributed by atoms with Gasteiger partial charge in [-0.3, -0.25) is 4.79 Å². The number of ether oxygens (including phenoxy) is 1. The average molecular weight is 420 g/mol. The Bertz CT molecular complexity index is 961. The number of rotatable bonds is 7. The monoisotopic (exact) mass is 420 g/mol. The summed E-state index contributed by atoms with van der Waals surface area (Å²) in [6.07, 6.45) is 0. The lowest BCUT2D eigenvalue weighted by Crippen LogP contribution is -2.21. The maximum Gasteiger partial charge on any atom is 0.339 e. The second-order valence-electron chi connectivity index (χ2n) is 5.55. The van der Waals surface area contributed by atoms with E-state index in [1.807, 2.05) is 5.38 Å². The number of thiazole rings is 1. The van der Waals surface area contributed by atoms with Crippen LogP contribution in [0.25, 0.3) is 0 Å². The molecule has 0 aliphatic carbocycles. The molecule has 0 bridgehead atoms. The van der Waals surface area contributed by atoms with Crippen molar-refractivity contribution in [3.05, 3.63) is 76.2 Å². The van der Waals surface area contributed by atoms with Gasteiger partial charge in [0, 0.05) is 27.8 Å². The quantitative estimate of drug-likeness (QED) is 0.450. The molecule has 1 heterocycles. The van der Waals surface area contributed by atoms with E-state index in [9.17, 15) is 18.4 Å². The first-order valence-electron chi connectivity index (χ1n) is 8.03. The van der Waals surface area contributed by atoms with E-state index in [2.05, 4.69) is 10.3 Å². The van der Waals surface area contributed by atoms with Crippen LogP contribution in [0.3, 0.4) is 0 Å². The van der Waals surface area contributed by atoms with Gasteiger partial charge in [-0.05, 0) is 24.3 Å².